The Balaban J connectivity index is 2.73. The van der Waals surface area contributed by atoms with Gasteiger partial charge in [-0.3, -0.25) is 0 Å². The summed E-state index contributed by atoms with van der Waals surface area (Å²) in [5.74, 6) is 0. The van der Waals surface area contributed by atoms with Crippen molar-refractivity contribution in [2.24, 2.45) is 0 Å². The second kappa shape index (κ2) is 2.31. The van der Waals surface area contributed by atoms with Gasteiger partial charge in [0.05, 0.1) is 0 Å². The SMILES string of the molecule is C[N+]1=CCCC=C1Cl. The first-order valence-corrected chi connectivity index (χ1v) is 3.10. The molecule has 0 amide bonds. The molecule has 0 spiro atoms. The maximum absolute atomic E-state index is 5.72. The molecular formula is C6H9ClN+. The first kappa shape index (κ1) is 5.83. The van der Waals surface area contributed by atoms with E-state index in [1.807, 2.05) is 17.7 Å². The standard InChI is InChI=1S/C6H9ClN/c1-8-5-3-2-4-6(8)7/h4-5H,2-3H2,1H3/q+1. The average molecular weight is 131 g/mol. The molecule has 1 nitrogen and oxygen atoms in total. The van der Waals surface area contributed by atoms with Crippen molar-refractivity contribution >= 4 is 17.8 Å². The Morgan fingerprint density at radius 1 is 1.62 bits per heavy atom. The third kappa shape index (κ3) is 1.10. The molecule has 0 radical (unpaired) electrons. The molecule has 0 saturated carbocycles. The molecule has 1 aliphatic rings. The molecule has 1 aliphatic heterocycles. The molecule has 0 unspecified atom stereocenters. The first-order chi connectivity index (χ1) is 3.80. The smallest absolute Gasteiger partial charge is 0.196 e. The van der Waals surface area contributed by atoms with Crippen LogP contribution in [0.1, 0.15) is 12.8 Å². The molecule has 1 rings (SSSR count). The summed E-state index contributed by atoms with van der Waals surface area (Å²) in [7, 11) is 1.96. The topological polar surface area (TPSA) is 3.01 Å². The molecule has 0 aromatic heterocycles. The summed E-state index contributed by atoms with van der Waals surface area (Å²) < 4.78 is 1.94. The van der Waals surface area contributed by atoms with Crippen LogP contribution in [0, 0.1) is 0 Å². The quantitative estimate of drug-likeness (QED) is 0.346. The molecule has 1 heterocycles. The van der Waals surface area contributed by atoms with E-state index in [0.717, 1.165) is 18.0 Å². The lowest BCUT2D eigenvalue weighted by molar-refractivity contribution is -0.429. The molecule has 0 N–H and O–H groups in total. The zero-order valence-corrected chi connectivity index (χ0v) is 5.65. The molecule has 0 aromatic rings. The second-order valence-electron chi connectivity index (χ2n) is 1.90. The molecule has 0 saturated heterocycles. The van der Waals surface area contributed by atoms with Crippen molar-refractivity contribution < 1.29 is 4.58 Å². The molecule has 0 aliphatic carbocycles. The summed E-state index contributed by atoms with van der Waals surface area (Å²) in [6.07, 6.45) is 6.32. The van der Waals surface area contributed by atoms with E-state index in [2.05, 4.69) is 6.21 Å². The Bertz CT molecular complexity index is 129. The highest BCUT2D eigenvalue weighted by Crippen LogP contribution is 2.07. The lowest BCUT2D eigenvalue weighted by Crippen LogP contribution is -2.05. The van der Waals surface area contributed by atoms with Crippen molar-refractivity contribution in [3.63, 3.8) is 0 Å². The fourth-order valence-electron chi connectivity index (χ4n) is 0.702. The summed E-state index contributed by atoms with van der Waals surface area (Å²) in [5, 5.41) is 0.844. The van der Waals surface area contributed by atoms with Crippen molar-refractivity contribution in [2.45, 2.75) is 12.8 Å². The minimum absolute atomic E-state index is 0.844. The van der Waals surface area contributed by atoms with Crippen LogP contribution in [0.15, 0.2) is 11.2 Å². The minimum atomic E-state index is 0.844. The van der Waals surface area contributed by atoms with Crippen LogP contribution in [0.25, 0.3) is 0 Å². The van der Waals surface area contributed by atoms with E-state index in [1.54, 1.807) is 0 Å². The summed E-state index contributed by atoms with van der Waals surface area (Å²) >= 11 is 5.72. The van der Waals surface area contributed by atoms with Gasteiger partial charge >= 0.3 is 0 Å². The lowest BCUT2D eigenvalue weighted by atomic mass is 10.3. The van der Waals surface area contributed by atoms with Crippen molar-refractivity contribution in [1.82, 2.24) is 0 Å². The van der Waals surface area contributed by atoms with Crippen LogP contribution in [0.5, 0.6) is 0 Å². The molecular weight excluding hydrogens is 122 g/mol. The number of rotatable bonds is 0. The summed E-state index contributed by atoms with van der Waals surface area (Å²) in [6, 6.07) is 0. The Hall–Kier alpha value is -0.300. The predicted octanol–water partition coefficient (Wildman–Crippen LogP) is 1.57. The van der Waals surface area contributed by atoms with Gasteiger partial charge in [0, 0.05) is 12.5 Å². The normalized spacial score (nSPS) is 19.8. The van der Waals surface area contributed by atoms with Crippen molar-refractivity contribution in [3.05, 3.63) is 11.2 Å². The Morgan fingerprint density at radius 2 is 2.38 bits per heavy atom. The number of hydrogen-bond donors (Lipinski definition) is 0. The van der Waals surface area contributed by atoms with E-state index < -0.39 is 0 Å². The Labute approximate surface area is 54.3 Å². The van der Waals surface area contributed by atoms with E-state index in [0.29, 0.717) is 0 Å². The third-order valence-electron chi connectivity index (χ3n) is 1.22. The molecule has 0 aromatic carbocycles. The Kier molecular flexibility index (Phi) is 1.69. The van der Waals surface area contributed by atoms with Gasteiger partial charge in [-0.1, -0.05) is 0 Å². The maximum Gasteiger partial charge on any atom is 0.270 e. The van der Waals surface area contributed by atoms with Gasteiger partial charge in [0.1, 0.15) is 13.3 Å². The van der Waals surface area contributed by atoms with Crippen LogP contribution >= 0.6 is 11.6 Å². The number of allylic oxidation sites excluding steroid dienone is 1. The van der Waals surface area contributed by atoms with Crippen molar-refractivity contribution in [3.8, 4) is 0 Å². The largest absolute Gasteiger partial charge is 0.270 e. The Morgan fingerprint density at radius 3 is 2.75 bits per heavy atom. The number of nitrogens with zero attached hydrogens (tertiary/aromatic N) is 1. The summed E-state index contributed by atoms with van der Waals surface area (Å²) in [5.41, 5.74) is 0. The molecule has 2 heteroatoms. The van der Waals surface area contributed by atoms with Gasteiger partial charge in [0.2, 0.25) is 0 Å². The van der Waals surface area contributed by atoms with E-state index in [-0.39, 0.29) is 0 Å². The molecule has 44 valence electrons. The van der Waals surface area contributed by atoms with Crippen LogP contribution < -0.4 is 0 Å². The molecule has 0 bridgehead atoms. The van der Waals surface area contributed by atoms with Gasteiger partial charge in [-0.25, -0.2) is 0 Å². The zero-order chi connectivity index (χ0) is 5.98. The van der Waals surface area contributed by atoms with Crippen molar-refractivity contribution in [1.29, 1.82) is 0 Å². The van der Waals surface area contributed by atoms with E-state index in [9.17, 15) is 0 Å². The number of halogens is 1. The molecule has 0 fully saturated rings. The van der Waals surface area contributed by atoms with E-state index >= 15 is 0 Å². The van der Waals surface area contributed by atoms with Gasteiger partial charge in [0.15, 0.2) is 0 Å². The van der Waals surface area contributed by atoms with Crippen LogP contribution in [0.2, 0.25) is 0 Å². The van der Waals surface area contributed by atoms with Gasteiger partial charge in [-0.2, -0.15) is 4.58 Å². The predicted molar refractivity (Wildman–Crippen MR) is 35.4 cm³/mol. The highest BCUT2D eigenvalue weighted by atomic mass is 35.5. The van der Waals surface area contributed by atoms with Gasteiger partial charge in [-0.05, 0) is 18.0 Å². The number of hydrogen-bond acceptors (Lipinski definition) is 0. The van der Waals surface area contributed by atoms with Crippen molar-refractivity contribution in [2.75, 3.05) is 7.05 Å². The van der Waals surface area contributed by atoms with Crippen LogP contribution in [-0.4, -0.2) is 17.8 Å². The highest BCUT2D eigenvalue weighted by Gasteiger charge is 2.05. The lowest BCUT2D eigenvalue weighted by Gasteiger charge is -1.97. The highest BCUT2D eigenvalue weighted by molar-refractivity contribution is 6.28. The van der Waals surface area contributed by atoms with Crippen LogP contribution in [0.4, 0.5) is 0 Å². The minimum Gasteiger partial charge on any atom is -0.196 e. The second-order valence-corrected chi connectivity index (χ2v) is 2.28. The van der Waals surface area contributed by atoms with Gasteiger partial charge < -0.3 is 0 Å². The van der Waals surface area contributed by atoms with E-state index in [4.69, 9.17) is 11.6 Å². The maximum atomic E-state index is 5.72. The third-order valence-corrected chi connectivity index (χ3v) is 1.64. The zero-order valence-electron chi connectivity index (χ0n) is 4.89. The van der Waals surface area contributed by atoms with E-state index in [1.165, 1.54) is 0 Å². The fourth-order valence-corrected chi connectivity index (χ4v) is 0.880. The van der Waals surface area contributed by atoms with Gasteiger partial charge in [0.25, 0.3) is 5.16 Å². The summed E-state index contributed by atoms with van der Waals surface area (Å²) in [6.45, 7) is 0. The van der Waals surface area contributed by atoms with Crippen LogP contribution in [-0.2, 0) is 0 Å². The summed E-state index contributed by atoms with van der Waals surface area (Å²) in [4.78, 5) is 0. The molecule has 8 heavy (non-hydrogen) atoms. The average Bonchev–Trinajstić information content (AvgIpc) is 1.77. The van der Waals surface area contributed by atoms with Gasteiger partial charge in [-0.15, -0.1) is 0 Å². The fraction of sp³-hybridized carbons (Fsp3) is 0.500. The molecule has 0 atom stereocenters. The first-order valence-electron chi connectivity index (χ1n) is 2.72. The van der Waals surface area contributed by atoms with Crippen LogP contribution in [0.3, 0.4) is 0 Å². The monoisotopic (exact) mass is 130 g/mol.